The zero-order valence-corrected chi connectivity index (χ0v) is 13.6. The molecule has 2 aromatic rings. The zero-order chi connectivity index (χ0) is 16.8. The second kappa shape index (κ2) is 7.80. The number of phenolic OH excluding ortho intramolecular Hbond substituents is 1. The molecule has 2 aromatic carbocycles. The van der Waals surface area contributed by atoms with Gasteiger partial charge in [0.05, 0.1) is 0 Å². The molecule has 120 valence electrons. The fourth-order valence-electron chi connectivity index (χ4n) is 1.98. The van der Waals surface area contributed by atoms with E-state index in [1.807, 2.05) is 6.07 Å². The van der Waals surface area contributed by atoms with E-state index in [0.29, 0.717) is 10.2 Å². The Balaban J connectivity index is 2.32. The molecule has 0 aliphatic heterocycles. The summed E-state index contributed by atoms with van der Waals surface area (Å²) in [5, 5.41) is 29.2. The molecule has 0 radical (unpaired) electrons. The lowest BCUT2D eigenvalue weighted by atomic mass is 10.0. The van der Waals surface area contributed by atoms with Crippen LogP contribution in [0.1, 0.15) is 11.7 Å². The Bertz CT molecular complexity index is 699. The molecule has 2 atom stereocenters. The Hall–Kier alpha value is -2.31. The molecule has 0 heterocycles. The van der Waals surface area contributed by atoms with Crippen LogP contribution in [0.25, 0.3) is 0 Å². The van der Waals surface area contributed by atoms with Gasteiger partial charge in [0.2, 0.25) is 0 Å². The molecule has 5 nitrogen and oxygen atoms in total. The van der Waals surface area contributed by atoms with Gasteiger partial charge in [0.25, 0.3) is 0 Å². The minimum absolute atomic E-state index is 0.105. The van der Waals surface area contributed by atoms with Gasteiger partial charge in [0.1, 0.15) is 23.7 Å². The van der Waals surface area contributed by atoms with Crippen LogP contribution in [0.4, 0.5) is 0 Å². The van der Waals surface area contributed by atoms with E-state index in [-0.39, 0.29) is 11.3 Å². The minimum Gasteiger partial charge on any atom is -0.508 e. The van der Waals surface area contributed by atoms with E-state index in [0.717, 1.165) is 6.08 Å². The molecule has 0 unspecified atom stereocenters. The van der Waals surface area contributed by atoms with Crippen LogP contribution >= 0.6 is 15.9 Å². The van der Waals surface area contributed by atoms with Gasteiger partial charge in [-0.3, -0.25) is 0 Å². The van der Waals surface area contributed by atoms with Gasteiger partial charge >= 0.3 is 5.97 Å². The monoisotopic (exact) mass is 378 g/mol. The predicted molar refractivity (Wildman–Crippen MR) is 88.4 cm³/mol. The number of aliphatic hydroxyl groups is 1. The number of carboxylic acid groups (broad SMARTS) is 1. The maximum absolute atomic E-state index is 10.8. The number of aliphatic hydroxyl groups excluding tert-OH is 1. The highest BCUT2D eigenvalue weighted by molar-refractivity contribution is 9.10. The molecule has 0 spiro atoms. The topological polar surface area (TPSA) is 87.0 Å². The van der Waals surface area contributed by atoms with Crippen molar-refractivity contribution in [3.05, 3.63) is 70.7 Å². The van der Waals surface area contributed by atoms with Crippen molar-refractivity contribution in [2.24, 2.45) is 0 Å². The van der Waals surface area contributed by atoms with Crippen LogP contribution in [0.15, 0.2) is 65.2 Å². The van der Waals surface area contributed by atoms with Gasteiger partial charge in [0.15, 0.2) is 0 Å². The summed E-state index contributed by atoms with van der Waals surface area (Å²) in [5.41, 5.74) is 0.232. The Labute approximate surface area is 141 Å². The van der Waals surface area contributed by atoms with E-state index in [4.69, 9.17) is 9.84 Å². The highest BCUT2D eigenvalue weighted by Gasteiger charge is 2.23. The molecular formula is C17H15BrO5. The molecule has 0 saturated heterocycles. The summed E-state index contributed by atoms with van der Waals surface area (Å²) in [7, 11) is 0. The summed E-state index contributed by atoms with van der Waals surface area (Å²) in [6.07, 6.45) is -0.0938. The third kappa shape index (κ3) is 4.84. The van der Waals surface area contributed by atoms with Crippen molar-refractivity contribution >= 4 is 21.9 Å². The van der Waals surface area contributed by atoms with Crippen molar-refractivity contribution in [2.45, 2.75) is 12.2 Å². The number of para-hydroxylation sites is 1. The summed E-state index contributed by atoms with van der Waals surface area (Å²) >= 11 is 3.27. The van der Waals surface area contributed by atoms with E-state index in [1.165, 1.54) is 12.1 Å². The van der Waals surface area contributed by atoms with Crippen LogP contribution in [-0.4, -0.2) is 27.4 Å². The van der Waals surface area contributed by atoms with Gasteiger partial charge in [-0.1, -0.05) is 34.1 Å². The Morgan fingerprint density at radius 2 is 1.87 bits per heavy atom. The van der Waals surface area contributed by atoms with Crippen molar-refractivity contribution in [1.29, 1.82) is 0 Å². The molecule has 0 aliphatic rings. The predicted octanol–water partition coefficient (Wildman–Crippen LogP) is 3.28. The minimum atomic E-state index is -1.25. The van der Waals surface area contributed by atoms with Gasteiger partial charge in [-0.15, -0.1) is 0 Å². The highest BCUT2D eigenvalue weighted by Crippen LogP contribution is 2.31. The first kappa shape index (κ1) is 17.1. The van der Waals surface area contributed by atoms with Crippen LogP contribution in [0.3, 0.4) is 0 Å². The first-order valence-electron chi connectivity index (χ1n) is 6.76. The second-order valence-corrected chi connectivity index (χ2v) is 5.66. The normalized spacial score (nSPS) is 13.7. The van der Waals surface area contributed by atoms with Gasteiger partial charge in [-0.25, -0.2) is 4.79 Å². The number of rotatable bonds is 6. The molecule has 0 bridgehead atoms. The van der Waals surface area contributed by atoms with Crippen molar-refractivity contribution < 1.29 is 24.9 Å². The quantitative estimate of drug-likeness (QED) is 0.671. The highest BCUT2D eigenvalue weighted by atomic mass is 79.9. The molecule has 0 amide bonds. The average Bonchev–Trinajstić information content (AvgIpc) is 2.54. The Kier molecular flexibility index (Phi) is 5.78. The SMILES string of the molecule is O=C(O)/C=C/[C@@H](Oc1ccccc1)[C@H](O)c1cc(Br)ccc1O. The third-order valence-corrected chi connectivity index (χ3v) is 3.56. The number of hydrogen-bond acceptors (Lipinski definition) is 4. The molecule has 0 fully saturated rings. The number of phenols is 1. The molecule has 0 aromatic heterocycles. The molecule has 23 heavy (non-hydrogen) atoms. The number of hydrogen-bond donors (Lipinski definition) is 3. The van der Waals surface area contributed by atoms with Gasteiger partial charge in [0, 0.05) is 16.1 Å². The number of aliphatic carboxylic acids is 1. The second-order valence-electron chi connectivity index (χ2n) is 4.74. The fourth-order valence-corrected chi connectivity index (χ4v) is 2.36. The Morgan fingerprint density at radius 3 is 2.52 bits per heavy atom. The van der Waals surface area contributed by atoms with Crippen molar-refractivity contribution in [3.8, 4) is 11.5 Å². The lowest BCUT2D eigenvalue weighted by molar-refractivity contribution is -0.131. The van der Waals surface area contributed by atoms with Crippen LogP contribution in [0.2, 0.25) is 0 Å². The van der Waals surface area contributed by atoms with Gasteiger partial charge in [-0.05, 0) is 36.4 Å². The van der Waals surface area contributed by atoms with E-state index in [1.54, 1.807) is 36.4 Å². The summed E-state index contributed by atoms with van der Waals surface area (Å²) in [5.74, 6) is -0.788. The standard InChI is InChI=1S/C17H15BrO5/c18-11-6-7-14(19)13(10-11)17(22)15(8-9-16(20)21)23-12-4-2-1-3-5-12/h1-10,15,17,19,22H,(H,20,21)/b9-8+/t15-,17-/m1/s1. The lowest BCUT2D eigenvalue weighted by Gasteiger charge is -2.22. The van der Waals surface area contributed by atoms with E-state index in [9.17, 15) is 15.0 Å². The molecule has 0 saturated carbocycles. The van der Waals surface area contributed by atoms with Gasteiger partial charge in [-0.2, -0.15) is 0 Å². The molecule has 3 N–H and O–H groups in total. The summed E-state index contributed by atoms with van der Waals surface area (Å²) < 4.78 is 6.32. The van der Waals surface area contributed by atoms with E-state index in [2.05, 4.69) is 15.9 Å². The fraction of sp³-hybridized carbons (Fsp3) is 0.118. The van der Waals surface area contributed by atoms with Crippen LogP contribution in [-0.2, 0) is 4.79 Å². The number of ether oxygens (including phenoxy) is 1. The maximum atomic E-state index is 10.8. The molecular weight excluding hydrogens is 364 g/mol. The lowest BCUT2D eigenvalue weighted by Crippen LogP contribution is -2.23. The first-order valence-corrected chi connectivity index (χ1v) is 7.56. The van der Waals surface area contributed by atoms with E-state index >= 15 is 0 Å². The number of benzene rings is 2. The van der Waals surface area contributed by atoms with Crippen LogP contribution in [0, 0.1) is 0 Å². The van der Waals surface area contributed by atoms with Crippen LogP contribution in [0.5, 0.6) is 11.5 Å². The van der Waals surface area contributed by atoms with Crippen LogP contribution < -0.4 is 4.74 Å². The van der Waals surface area contributed by atoms with Gasteiger partial charge < -0.3 is 20.1 Å². The zero-order valence-electron chi connectivity index (χ0n) is 12.0. The van der Waals surface area contributed by atoms with Crippen molar-refractivity contribution in [1.82, 2.24) is 0 Å². The number of carboxylic acids is 1. The molecule has 6 heteroatoms. The van der Waals surface area contributed by atoms with Crippen molar-refractivity contribution in [3.63, 3.8) is 0 Å². The molecule has 0 aliphatic carbocycles. The Morgan fingerprint density at radius 1 is 1.17 bits per heavy atom. The van der Waals surface area contributed by atoms with Crippen molar-refractivity contribution in [2.75, 3.05) is 0 Å². The molecule has 2 rings (SSSR count). The summed E-state index contributed by atoms with van der Waals surface area (Å²) in [6.45, 7) is 0. The third-order valence-electron chi connectivity index (χ3n) is 3.06. The summed E-state index contributed by atoms with van der Waals surface area (Å²) in [4.78, 5) is 10.8. The van der Waals surface area contributed by atoms with E-state index < -0.39 is 18.2 Å². The largest absolute Gasteiger partial charge is 0.508 e. The first-order chi connectivity index (χ1) is 11.0. The summed E-state index contributed by atoms with van der Waals surface area (Å²) in [6, 6.07) is 13.3. The number of carbonyl (C=O) groups is 1. The number of aromatic hydroxyl groups is 1. The smallest absolute Gasteiger partial charge is 0.328 e. The maximum Gasteiger partial charge on any atom is 0.328 e. The number of halogens is 1. The average molecular weight is 379 g/mol.